The Hall–Kier alpha value is -0.0800. The lowest BCUT2D eigenvalue weighted by molar-refractivity contribution is 0.0648. The average molecular weight is 226 g/mol. The molecule has 0 amide bonds. The third-order valence-corrected chi connectivity index (χ3v) is 4.12. The minimum atomic E-state index is 0.603. The van der Waals surface area contributed by atoms with Crippen LogP contribution in [0.5, 0.6) is 0 Å². The molecule has 1 saturated heterocycles. The van der Waals surface area contributed by atoms with Crippen molar-refractivity contribution < 1.29 is 0 Å². The molecular weight excluding hydrogens is 196 g/mol. The molecule has 0 spiro atoms. The van der Waals surface area contributed by atoms with Crippen molar-refractivity contribution in [3.8, 4) is 0 Å². The van der Waals surface area contributed by atoms with Crippen LogP contribution in [-0.2, 0) is 0 Å². The van der Waals surface area contributed by atoms with E-state index in [-0.39, 0.29) is 0 Å². The minimum absolute atomic E-state index is 0.603. The molecule has 1 rings (SSSR count). The zero-order valence-electron chi connectivity index (χ0n) is 11.8. The quantitative estimate of drug-likeness (QED) is 0.775. The summed E-state index contributed by atoms with van der Waals surface area (Å²) in [5.41, 5.74) is 0. The highest BCUT2D eigenvalue weighted by molar-refractivity contribution is 4.84. The summed E-state index contributed by atoms with van der Waals surface area (Å²) < 4.78 is 0. The first-order valence-electron chi connectivity index (χ1n) is 7.05. The summed E-state index contributed by atoms with van der Waals surface area (Å²) in [5.74, 6) is 0.863. The van der Waals surface area contributed by atoms with E-state index in [2.05, 4.69) is 44.8 Å². The highest BCUT2D eigenvalue weighted by Crippen LogP contribution is 2.25. The maximum atomic E-state index is 3.59. The van der Waals surface area contributed by atoms with Crippen LogP contribution < -0.4 is 5.32 Å². The third kappa shape index (κ3) is 3.74. The normalized spacial score (nSPS) is 29.6. The molecule has 0 saturated carbocycles. The minimum Gasteiger partial charge on any atom is -0.313 e. The second-order valence-electron chi connectivity index (χ2n) is 5.72. The molecule has 0 radical (unpaired) electrons. The predicted octanol–water partition coefficient (Wildman–Crippen LogP) is 2.88. The molecule has 0 aromatic rings. The predicted molar refractivity (Wildman–Crippen MR) is 71.8 cm³/mol. The Labute approximate surface area is 102 Å². The molecule has 1 aliphatic heterocycles. The van der Waals surface area contributed by atoms with Crippen molar-refractivity contribution in [1.29, 1.82) is 0 Å². The van der Waals surface area contributed by atoms with Crippen molar-refractivity contribution in [1.82, 2.24) is 10.2 Å². The maximum absolute atomic E-state index is 3.59. The fourth-order valence-corrected chi connectivity index (χ4v) is 2.75. The summed E-state index contributed by atoms with van der Waals surface area (Å²) >= 11 is 0. The number of nitrogens with zero attached hydrogens (tertiary/aromatic N) is 1. The summed E-state index contributed by atoms with van der Waals surface area (Å²) in [5, 5.41) is 3.59. The fourth-order valence-electron chi connectivity index (χ4n) is 2.75. The molecule has 0 aromatic carbocycles. The van der Waals surface area contributed by atoms with Gasteiger partial charge in [0.25, 0.3) is 0 Å². The van der Waals surface area contributed by atoms with Gasteiger partial charge in [0.2, 0.25) is 0 Å². The van der Waals surface area contributed by atoms with Gasteiger partial charge >= 0.3 is 0 Å². The lowest BCUT2D eigenvalue weighted by atomic mass is 9.90. The van der Waals surface area contributed by atoms with E-state index in [0.29, 0.717) is 6.04 Å². The van der Waals surface area contributed by atoms with Crippen molar-refractivity contribution >= 4 is 0 Å². The average Bonchev–Trinajstić information content (AvgIpc) is 2.24. The number of hydrogen-bond acceptors (Lipinski definition) is 2. The largest absolute Gasteiger partial charge is 0.313 e. The molecule has 2 heteroatoms. The second kappa shape index (κ2) is 6.61. The van der Waals surface area contributed by atoms with E-state index in [4.69, 9.17) is 0 Å². The molecule has 0 aliphatic carbocycles. The van der Waals surface area contributed by atoms with Crippen LogP contribution in [0.1, 0.15) is 53.9 Å². The molecule has 96 valence electrons. The maximum Gasteiger partial charge on any atom is 0.0221 e. The van der Waals surface area contributed by atoms with Crippen molar-refractivity contribution in [2.24, 2.45) is 5.92 Å². The van der Waals surface area contributed by atoms with E-state index in [0.717, 1.165) is 24.5 Å². The number of hydrogen-bond donors (Lipinski definition) is 1. The van der Waals surface area contributed by atoms with Crippen molar-refractivity contribution in [3.63, 3.8) is 0 Å². The number of likely N-dealkylation sites (tertiary alicyclic amines) is 1. The number of nitrogens with one attached hydrogen (secondary N) is 1. The molecule has 3 unspecified atom stereocenters. The molecule has 0 aromatic heterocycles. The summed E-state index contributed by atoms with van der Waals surface area (Å²) in [4.78, 5) is 2.73. The van der Waals surface area contributed by atoms with Gasteiger partial charge in [0.15, 0.2) is 0 Å². The van der Waals surface area contributed by atoms with Gasteiger partial charge in [0, 0.05) is 24.7 Å². The van der Waals surface area contributed by atoms with Gasteiger partial charge in [0.1, 0.15) is 0 Å². The Bertz CT molecular complexity index is 191. The van der Waals surface area contributed by atoms with Crippen molar-refractivity contribution in [3.05, 3.63) is 0 Å². The van der Waals surface area contributed by atoms with Crippen LogP contribution in [0.2, 0.25) is 0 Å². The molecule has 1 N–H and O–H groups in total. The summed E-state index contributed by atoms with van der Waals surface area (Å²) in [6.45, 7) is 14.0. The van der Waals surface area contributed by atoms with Gasteiger partial charge in [-0.15, -0.1) is 0 Å². The molecule has 1 fully saturated rings. The van der Waals surface area contributed by atoms with E-state index < -0.39 is 0 Å². The summed E-state index contributed by atoms with van der Waals surface area (Å²) in [6.07, 6.45) is 4.05. The first-order chi connectivity index (χ1) is 7.56. The molecule has 3 atom stereocenters. The van der Waals surface area contributed by atoms with Crippen molar-refractivity contribution in [2.75, 3.05) is 13.1 Å². The Morgan fingerprint density at radius 2 is 2.00 bits per heavy atom. The van der Waals surface area contributed by atoms with Crippen LogP contribution in [0.4, 0.5) is 0 Å². The topological polar surface area (TPSA) is 15.3 Å². The fraction of sp³-hybridized carbons (Fsp3) is 1.00. The molecule has 2 nitrogen and oxygen atoms in total. The Kier molecular flexibility index (Phi) is 5.77. The molecule has 1 heterocycles. The van der Waals surface area contributed by atoms with E-state index >= 15 is 0 Å². The summed E-state index contributed by atoms with van der Waals surface area (Å²) in [6, 6.07) is 2.08. The van der Waals surface area contributed by atoms with Gasteiger partial charge in [0.05, 0.1) is 0 Å². The molecule has 1 aliphatic rings. The van der Waals surface area contributed by atoms with Crippen LogP contribution in [0, 0.1) is 5.92 Å². The molecular formula is C14H30N2. The van der Waals surface area contributed by atoms with Crippen LogP contribution in [0.15, 0.2) is 0 Å². The first-order valence-corrected chi connectivity index (χ1v) is 7.05. The van der Waals surface area contributed by atoms with Crippen LogP contribution >= 0.6 is 0 Å². The Morgan fingerprint density at radius 1 is 1.31 bits per heavy atom. The standard InChI is InChI=1S/C14H30N2/c1-6-14(10-15-11(2)3)16-9-7-8-12(4)13(16)5/h11-15H,6-10H2,1-5H3. The van der Waals surface area contributed by atoms with Crippen molar-refractivity contribution in [2.45, 2.75) is 72.0 Å². The third-order valence-electron chi connectivity index (χ3n) is 4.12. The highest BCUT2D eigenvalue weighted by Gasteiger charge is 2.29. The van der Waals surface area contributed by atoms with Crippen LogP contribution in [0.3, 0.4) is 0 Å². The van der Waals surface area contributed by atoms with E-state index in [1.54, 1.807) is 0 Å². The van der Waals surface area contributed by atoms with E-state index in [9.17, 15) is 0 Å². The zero-order valence-corrected chi connectivity index (χ0v) is 11.8. The van der Waals surface area contributed by atoms with Gasteiger partial charge in [-0.25, -0.2) is 0 Å². The molecule has 0 bridgehead atoms. The SMILES string of the molecule is CCC(CNC(C)C)N1CCCC(C)C1C. The lowest BCUT2D eigenvalue weighted by Crippen LogP contribution is -2.52. The van der Waals surface area contributed by atoms with Gasteiger partial charge in [-0.1, -0.05) is 27.7 Å². The van der Waals surface area contributed by atoms with Gasteiger partial charge < -0.3 is 5.32 Å². The van der Waals surface area contributed by atoms with Crippen LogP contribution in [-0.4, -0.2) is 36.1 Å². The molecule has 16 heavy (non-hydrogen) atoms. The lowest BCUT2D eigenvalue weighted by Gasteiger charge is -2.43. The second-order valence-corrected chi connectivity index (χ2v) is 5.72. The van der Waals surface area contributed by atoms with E-state index in [1.165, 1.54) is 25.8 Å². The monoisotopic (exact) mass is 226 g/mol. The number of rotatable bonds is 5. The van der Waals surface area contributed by atoms with Gasteiger partial charge in [-0.05, 0) is 38.6 Å². The smallest absolute Gasteiger partial charge is 0.0221 e. The summed E-state index contributed by atoms with van der Waals surface area (Å²) in [7, 11) is 0. The highest BCUT2D eigenvalue weighted by atomic mass is 15.2. The first kappa shape index (κ1) is 14.0. The van der Waals surface area contributed by atoms with Gasteiger partial charge in [-0.3, -0.25) is 4.90 Å². The Morgan fingerprint density at radius 3 is 2.56 bits per heavy atom. The zero-order chi connectivity index (χ0) is 12.1. The van der Waals surface area contributed by atoms with Crippen LogP contribution in [0.25, 0.3) is 0 Å². The van der Waals surface area contributed by atoms with E-state index in [1.807, 2.05) is 0 Å². The number of piperidine rings is 1. The van der Waals surface area contributed by atoms with Gasteiger partial charge in [-0.2, -0.15) is 0 Å². The Balaban J connectivity index is 2.50.